The van der Waals surface area contributed by atoms with Crippen LogP contribution in [0.25, 0.3) is 0 Å². The largest absolute Gasteiger partial charge is 0.493 e. The van der Waals surface area contributed by atoms with Crippen molar-refractivity contribution >= 4 is 45.2 Å². The number of benzene rings is 1. The molecule has 0 saturated carbocycles. The molecule has 0 aromatic heterocycles. The summed E-state index contributed by atoms with van der Waals surface area (Å²) in [6.07, 6.45) is 0.166. The van der Waals surface area contributed by atoms with Crippen LogP contribution in [0.2, 0.25) is 0 Å². The molecule has 0 amide bonds. The third-order valence-corrected chi connectivity index (χ3v) is 4.39. The van der Waals surface area contributed by atoms with Crippen molar-refractivity contribution in [1.82, 2.24) is 0 Å². The Balaban J connectivity index is 3.07. The Morgan fingerprint density at radius 3 is 2.00 bits per heavy atom. The van der Waals surface area contributed by atoms with Gasteiger partial charge in [0.1, 0.15) is 0 Å². The van der Waals surface area contributed by atoms with Gasteiger partial charge < -0.3 is 9.47 Å². The van der Waals surface area contributed by atoms with E-state index in [2.05, 4.69) is 45.2 Å². The van der Waals surface area contributed by atoms with Crippen LogP contribution in [-0.4, -0.2) is 13.2 Å². The van der Waals surface area contributed by atoms with Gasteiger partial charge in [0.05, 0.1) is 13.2 Å². The fourth-order valence-electron chi connectivity index (χ4n) is 1.02. The minimum absolute atomic E-state index is 0.166. The smallest absolute Gasteiger partial charge is 0.162 e. The van der Waals surface area contributed by atoms with E-state index in [0.717, 1.165) is 11.5 Å². The summed E-state index contributed by atoms with van der Waals surface area (Å²) in [5.74, 6) is 1.61. The van der Waals surface area contributed by atoms with Gasteiger partial charge in [0.25, 0.3) is 0 Å². The van der Waals surface area contributed by atoms with Crippen molar-refractivity contribution in [3.05, 3.63) is 19.3 Å². The summed E-state index contributed by atoms with van der Waals surface area (Å²) in [5, 5.41) is 0. The van der Waals surface area contributed by atoms with Crippen LogP contribution >= 0.6 is 45.2 Å². The lowest BCUT2D eigenvalue weighted by molar-refractivity contribution is 0.230. The van der Waals surface area contributed by atoms with Crippen LogP contribution in [-0.2, 0) is 0 Å². The van der Waals surface area contributed by atoms with Crippen LogP contribution in [0.1, 0.15) is 13.8 Å². The summed E-state index contributed by atoms with van der Waals surface area (Å²) < 4.78 is 13.2. The summed E-state index contributed by atoms with van der Waals surface area (Å²) in [4.78, 5) is 0. The number of methoxy groups -OCH3 is 1. The van der Waals surface area contributed by atoms with Crippen LogP contribution in [0.5, 0.6) is 11.5 Å². The minimum atomic E-state index is 0.166. The highest BCUT2D eigenvalue weighted by Crippen LogP contribution is 2.32. The molecule has 14 heavy (non-hydrogen) atoms. The number of rotatable bonds is 3. The van der Waals surface area contributed by atoms with Gasteiger partial charge >= 0.3 is 0 Å². The van der Waals surface area contributed by atoms with E-state index in [-0.39, 0.29) is 6.10 Å². The maximum Gasteiger partial charge on any atom is 0.162 e. The fourth-order valence-corrected chi connectivity index (χ4v) is 1.89. The topological polar surface area (TPSA) is 18.5 Å². The second kappa shape index (κ2) is 5.39. The first-order valence-corrected chi connectivity index (χ1v) is 6.40. The molecule has 0 aliphatic heterocycles. The van der Waals surface area contributed by atoms with Crippen molar-refractivity contribution in [2.75, 3.05) is 7.11 Å². The van der Waals surface area contributed by atoms with E-state index < -0.39 is 0 Å². The number of hydrogen-bond donors (Lipinski definition) is 0. The van der Waals surface area contributed by atoms with E-state index in [1.807, 2.05) is 26.0 Å². The molecule has 0 unspecified atom stereocenters. The van der Waals surface area contributed by atoms with E-state index in [9.17, 15) is 0 Å². The molecular weight excluding hydrogens is 406 g/mol. The Labute approximate surface area is 112 Å². The molecule has 1 aromatic rings. The van der Waals surface area contributed by atoms with Gasteiger partial charge in [-0.25, -0.2) is 0 Å². The first-order chi connectivity index (χ1) is 6.54. The Hall–Kier alpha value is 0.280. The van der Waals surface area contributed by atoms with Gasteiger partial charge in [0.15, 0.2) is 11.5 Å². The lowest BCUT2D eigenvalue weighted by Crippen LogP contribution is -2.07. The van der Waals surface area contributed by atoms with Gasteiger partial charge in [-0.05, 0) is 71.2 Å². The monoisotopic (exact) mass is 418 g/mol. The molecule has 0 N–H and O–H groups in total. The molecule has 78 valence electrons. The maximum absolute atomic E-state index is 5.64. The van der Waals surface area contributed by atoms with Crippen LogP contribution in [0.4, 0.5) is 0 Å². The summed E-state index contributed by atoms with van der Waals surface area (Å²) in [6, 6.07) is 3.99. The SMILES string of the molecule is COc1cc(I)c(I)cc1OC(C)C. The summed E-state index contributed by atoms with van der Waals surface area (Å²) >= 11 is 4.57. The third kappa shape index (κ3) is 3.15. The molecule has 1 aromatic carbocycles. The van der Waals surface area contributed by atoms with E-state index in [1.165, 1.54) is 7.14 Å². The third-order valence-electron chi connectivity index (χ3n) is 1.57. The highest BCUT2D eigenvalue weighted by molar-refractivity contribution is 14.1. The standard InChI is InChI=1S/C10H12I2O2/c1-6(2)14-10-5-8(12)7(11)4-9(10)13-3/h4-6H,1-3H3. The van der Waals surface area contributed by atoms with Crippen molar-refractivity contribution in [2.45, 2.75) is 20.0 Å². The van der Waals surface area contributed by atoms with Crippen LogP contribution < -0.4 is 9.47 Å². The average molecular weight is 418 g/mol. The molecule has 0 heterocycles. The van der Waals surface area contributed by atoms with Crippen molar-refractivity contribution in [3.63, 3.8) is 0 Å². The van der Waals surface area contributed by atoms with E-state index in [0.29, 0.717) is 0 Å². The first kappa shape index (κ1) is 12.4. The van der Waals surface area contributed by atoms with Crippen LogP contribution in [0.3, 0.4) is 0 Å². The fraction of sp³-hybridized carbons (Fsp3) is 0.400. The average Bonchev–Trinajstić information content (AvgIpc) is 2.10. The highest BCUT2D eigenvalue weighted by atomic mass is 127. The molecule has 1 rings (SSSR count). The zero-order chi connectivity index (χ0) is 10.7. The van der Waals surface area contributed by atoms with Crippen molar-refractivity contribution < 1.29 is 9.47 Å². The molecule has 4 heteroatoms. The lowest BCUT2D eigenvalue weighted by Gasteiger charge is -2.14. The lowest BCUT2D eigenvalue weighted by atomic mass is 10.3. The summed E-state index contributed by atoms with van der Waals surface area (Å²) in [7, 11) is 1.66. The van der Waals surface area contributed by atoms with Gasteiger partial charge in [-0.15, -0.1) is 0 Å². The van der Waals surface area contributed by atoms with Gasteiger partial charge in [-0.1, -0.05) is 0 Å². The molecule has 0 bridgehead atoms. The first-order valence-electron chi connectivity index (χ1n) is 4.24. The Morgan fingerprint density at radius 2 is 1.57 bits per heavy atom. The molecule has 0 atom stereocenters. The van der Waals surface area contributed by atoms with E-state index in [4.69, 9.17) is 9.47 Å². The normalized spacial score (nSPS) is 10.4. The Morgan fingerprint density at radius 1 is 1.07 bits per heavy atom. The highest BCUT2D eigenvalue weighted by Gasteiger charge is 2.09. The quantitative estimate of drug-likeness (QED) is 0.698. The van der Waals surface area contributed by atoms with Crippen molar-refractivity contribution in [2.24, 2.45) is 0 Å². The second-order valence-electron chi connectivity index (χ2n) is 3.08. The summed E-state index contributed by atoms with van der Waals surface area (Å²) in [6.45, 7) is 4.01. The minimum Gasteiger partial charge on any atom is -0.493 e. The predicted octanol–water partition coefficient (Wildman–Crippen LogP) is 3.69. The van der Waals surface area contributed by atoms with Crippen molar-refractivity contribution in [3.8, 4) is 11.5 Å². The number of ether oxygens (including phenoxy) is 2. The van der Waals surface area contributed by atoms with Crippen LogP contribution in [0, 0.1) is 7.14 Å². The Kier molecular flexibility index (Phi) is 4.75. The zero-order valence-electron chi connectivity index (χ0n) is 8.30. The van der Waals surface area contributed by atoms with Gasteiger partial charge in [0.2, 0.25) is 0 Å². The Bertz CT molecular complexity index is 324. The molecule has 0 aliphatic carbocycles. The molecule has 0 radical (unpaired) electrons. The predicted molar refractivity (Wildman–Crippen MR) is 74.2 cm³/mol. The zero-order valence-corrected chi connectivity index (χ0v) is 12.6. The van der Waals surface area contributed by atoms with Gasteiger partial charge in [0, 0.05) is 7.14 Å². The van der Waals surface area contributed by atoms with Crippen molar-refractivity contribution in [1.29, 1.82) is 0 Å². The number of halogens is 2. The van der Waals surface area contributed by atoms with E-state index >= 15 is 0 Å². The second-order valence-corrected chi connectivity index (χ2v) is 5.41. The summed E-state index contributed by atoms with van der Waals surface area (Å²) in [5.41, 5.74) is 0. The molecule has 0 fully saturated rings. The molecular formula is C10H12I2O2. The maximum atomic E-state index is 5.64. The molecule has 0 aliphatic rings. The molecule has 2 nitrogen and oxygen atoms in total. The number of hydrogen-bond acceptors (Lipinski definition) is 2. The molecule has 0 spiro atoms. The molecule has 0 saturated heterocycles. The van der Waals surface area contributed by atoms with Gasteiger partial charge in [-0.2, -0.15) is 0 Å². The van der Waals surface area contributed by atoms with Gasteiger partial charge in [-0.3, -0.25) is 0 Å². The van der Waals surface area contributed by atoms with E-state index in [1.54, 1.807) is 7.11 Å². The van der Waals surface area contributed by atoms with Crippen LogP contribution in [0.15, 0.2) is 12.1 Å².